The number of carbonyl (C=O) groups is 1. The second-order valence-corrected chi connectivity index (χ2v) is 5.21. The van der Waals surface area contributed by atoms with Crippen LogP contribution in [0.5, 0.6) is 0 Å². The van der Waals surface area contributed by atoms with Crippen LogP contribution in [0.3, 0.4) is 0 Å². The smallest absolute Gasteiger partial charge is 0.188 e. The predicted octanol–water partition coefficient (Wildman–Crippen LogP) is 3.73. The molecule has 3 rings (SSSR count). The van der Waals surface area contributed by atoms with E-state index in [2.05, 4.69) is 17.5 Å². The lowest BCUT2D eigenvalue weighted by Crippen LogP contribution is -2.03. The first-order chi connectivity index (χ1) is 8.84. The minimum atomic E-state index is 0.242. The van der Waals surface area contributed by atoms with E-state index in [0.717, 1.165) is 43.4 Å². The molecule has 0 radical (unpaired) electrons. The van der Waals surface area contributed by atoms with Crippen molar-refractivity contribution in [1.82, 2.24) is 0 Å². The van der Waals surface area contributed by atoms with E-state index in [1.54, 1.807) is 0 Å². The Hall–Kier alpha value is -1.57. The molecule has 2 aliphatic rings. The molecule has 1 aromatic carbocycles. The molecule has 1 heterocycles. The van der Waals surface area contributed by atoms with Gasteiger partial charge in [-0.15, -0.1) is 0 Å². The number of fused-ring (bicyclic) bond motifs is 1. The highest BCUT2D eigenvalue weighted by atomic mass is 16.1. The van der Waals surface area contributed by atoms with Crippen LogP contribution in [0.2, 0.25) is 0 Å². The number of hydrogen-bond donors (Lipinski definition) is 1. The molecule has 0 bridgehead atoms. The maximum atomic E-state index is 12.5. The number of ketones is 1. The highest BCUT2D eigenvalue weighted by molar-refractivity contribution is 6.09. The summed E-state index contributed by atoms with van der Waals surface area (Å²) in [5.41, 5.74) is 4.38. The van der Waals surface area contributed by atoms with Gasteiger partial charge in [0, 0.05) is 17.8 Å². The first-order valence-corrected chi connectivity index (χ1v) is 6.95. The van der Waals surface area contributed by atoms with Crippen molar-refractivity contribution in [2.75, 3.05) is 11.9 Å². The fourth-order valence-corrected chi connectivity index (χ4v) is 2.85. The van der Waals surface area contributed by atoms with E-state index in [0.29, 0.717) is 0 Å². The Morgan fingerprint density at radius 2 is 2.06 bits per heavy atom. The van der Waals surface area contributed by atoms with Gasteiger partial charge >= 0.3 is 0 Å². The van der Waals surface area contributed by atoms with Crippen LogP contribution >= 0.6 is 0 Å². The van der Waals surface area contributed by atoms with Crippen LogP contribution in [0.4, 0.5) is 5.69 Å². The van der Waals surface area contributed by atoms with E-state index in [1.807, 2.05) is 12.1 Å². The molecular weight excluding hydrogens is 222 g/mol. The summed E-state index contributed by atoms with van der Waals surface area (Å²) in [5.74, 6) is 0.242. The SMILES string of the molecule is O=C(C1=CCCCCC1)c1ccc2c(c1)CCN2. The molecule has 0 fully saturated rings. The number of anilines is 1. The molecule has 2 heteroatoms. The highest BCUT2D eigenvalue weighted by Crippen LogP contribution is 2.26. The summed E-state index contributed by atoms with van der Waals surface area (Å²) in [6.45, 7) is 0.996. The third kappa shape index (κ3) is 2.20. The first kappa shape index (κ1) is 11.5. The Kier molecular flexibility index (Phi) is 3.18. The van der Waals surface area contributed by atoms with Gasteiger partial charge < -0.3 is 5.32 Å². The molecule has 0 atom stereocenters. The zero-order valence-corrected chi connectivity index (χ0v) is 10.7. The summed E-state index contributed by atoms with van der Waals surface area (Å²) in [6.07, 6.45) is 8.84. The van der Waals surface area contributed by atoms with Gasteiger partial charge in [-0.1, -0.05) is 12.5 Å². The molecule has 18 heavy (non-hydrogen) atoms. The van der Waals surface area contributed by atoms with Crippen LogP contribution in [0.15, 0.2) is 29.8 Å². The summed E-state index contributed by atoms with van der Waals surface area (Å²) in [6, 6.07) is 6.08. The van der Waals surface area contributed by atoms with Crippen LogP contribution in [0.1, 0.15) is 48.0 Å². The first-order valence-electron chi connectivity index (χ1n) is 6.95. The van der Waals surface area contributed by atoms with Gasteiger partial charge in [0.1, 0.15) is 0 Å². The van der Waals surface area contributed by atoms with Crippen molar-refractivity contribution in [1.29, 1.82) is 0 Å². The number of nitrogens with one attached hydrogen (secondary N) is 1. The summed E-state index contributed by atoms with van der Waals surface area (Å²) in [4.78, 5) is 12.5. The Bertz CT molecular complexity index is 502. The van der Waals surface area contributed by atoms with Gasteiger partial charge in [-0.25, -0.2) is 0 Å². The molecule has 0 amide bonds. The highest BCUT2D eigenvalue weighted by Gasteiger charge is 2.17. The molecule has 0 unspecified atom stereocenters. The summed E-state index contributed by atoms with van der Waals surface area (Å²) >= 11 is 0. The van der Waals surface area contributed by atoms with E-state index in [9.17, 15) is 4.79 Å². The van der Waals surface area contributed by atoms with Gasteiger partial charge in [-0.3, -0.25) is 4.79 Å². The third-order valence-electron chi connectivity index (χ3n) is 3.91. The van der Waals surface area contributed by atoms with E-state index in [1.165, 1.54) is 24.1 Å². The monoisotopic (exact) mass is 241 g/mol. The topological polar surface area (TPSA) is 29.1 Å². The number of hydrogen-bond acceptors (Lipinski definition) is 2. The molecule has 0 spiro atoms. The van der Waals surface area contributed by atoms with Crippen molar-refractivity contribution < 1.29 is 4.79 Å². The van der Waals surface area contributed by atoms with E-state index in [4.69, 9.17) is 0 Å². The molecule has 1 aliphatic heterocycles. The third-order valence-corrected chi connectivity index (χ3v) is 3.91. The predicted molar refractivity (Wildman–Crippen MR) is 74.1 cm³/mol. The lowest BCUT2D eigenvalue weighted by Gasteiger charge is -2.06. The van der Waals surface area contributed by atoms with Gasteiger partial charge in [-0.2, -0.15) is 0 Å². The second-order valence-electron chi connectivity index (χ2n) is 5.21. The number of Topliss-reactive ketones (excluding diaryl/α,β-unsaturated/α-hetero) is 1. The van der Waals surface area contributed by atoms with Gasteiger partial charge in [0.15, 0.2) is 5.78 Å². The van der Waals surface area contributed by atoms with Crippen LogP contribution in [-0.2, 0) is 6.42 Å². The Balaban J connectivity index is 1.85. The normalized spacial score (nSPS) is 18.6. The van der Waals surface area contributed by atoms with Crippen LogP contribution in [0.25, 0.3) is 0 Å². The minimum absolute atomic E-state index is 0.242. The fraction of sp³-hybridized carbons (Fsp3) is 0.438. The summed E-state index contributed by atoms with van der Waals surface area (Å²) < 4.78 is 0. The Morgan fingerprint density at radius 3 is 3.00 bits per heavy atom. The van der Waals surface area contributed by atoms with Crippen molar-refractivity contribution in [2.24, 2.45) is 0 Å². The molecular formula is C16H19NO. The largest absolute Gasteiger partial charge is 0.384 e. The second kappa shape index (κ2) is 4.97. The molecule has 1 aromatic rings. The zero-order chi connectivity index (χ0) is 12.4. The van der Waals surface area contributed by atoms with Crippen molar-refractivity contribution in [3.63, 3.8) is 0 Å². The minimum Gasteiger partial charge on any atom is -0.384 e. The number of rotatable bonds is 2. The molecule has 0 saturated carbocycles. The number of benzene rings is 1. The molecule has 1 aliphatic carbocycles. The van der Waals surface area contributed by atoms with Gasteiger partial charge in [-0.05, 0) is 61.4 Å². The maximum Gasteiger partial charge on any atom is 0.188 e. The van der Waals surface area contributed by atoms with Crippen LogP contribution < -0.4 is 5.32 Å². The van der Waals surface area contributed by atoms with Crippen LogP contribution in [-0.4, -0.2) is 12.3 Å². The van der Waals surface area contributed by atoms with E-state index < -0.39 is 0 Å². The average Bonchev–Trinajstić information content (AvgIpc) is 2.69. The standard InChI is InChI=1S/C16H19NO/c18-16(12-5-3-1-2-4-6-12)14-7-8-15-13(11-14)9-10-17-15/h5,7-8,11,17H,1-4,6,9-10H2. The zero-order valence-electron chi connectivity index (χ0n) is 10.7. The van der Waals surface area contributed by atoms with Crippen LogP contribution in [0, 0.1) is 0 Å². The lowest BCUT2D eigenvalue weighted by molar-refractivity contribution is 0.103. The number of allylic oxidation sites excluding steroid dienone is 2. The maximum absolute atomic E-state index is 12.5. The van der Waals surface area contributed by atoms with Gasteiger partial charge in [0.05, 0.1) is 0 Å². The van der Waals surface area contributed by atoms with Crippen molar-refractivity contribution in [2.45, 2.75) is 38.5 Å². The number of carbonyl (C=O) groups excluding carboxylic acids is 1. The van der Waals surface area contributed by atoms with Gasteiger partial charge in [0.25, 0.3) is 0 Å². The Morgan fingerprint density at radius 1 is 1.11 bits per heavy atom. The Labute approximate surface area is 108 Å². The van der Waals surface area contributed by atoms with E-state index >= 15 is 0 Å². The van der Waals surface area contributed by atoms with Crippen molar-refractivity contribution >= 4 is 11.5 Å². The molecule has 2 nitrogen and oxygen atoms in total. The molecule has 94 valence electrons. The molecule has 0 aromatic heterocycles. The summed E-state index contributed by atoms with van der Waals surface area (Å²) in [5, 5.41) is 3.33. The van der Waals surface area contributed by atoms with E-state index in [-0.39, 0.29) is 5.78 Å². The average molecular weight is 241 g/mol. The molecule has 1 N–H and O–H groups in total. The fourth-order valence-electron chi connectivity index (χ4n) is 2.85. The summed E-state index contributed by atoms with van der Waals surface area (Å²) in [7, 11) is 0. The lowest BCUT2D eigenvalue weighted by atomic mass is 9.97. The quantitative estimate of drug-likeness (QED) is 0.799. The van der Waals surface area contributed by atoms with Crippen molar-refractivity contribution in [3.05, 3.63) is 41.0 Å². The van der Waals surface area contributed by atoms with Gasteiger partial charge in [0.2, 0.25) is 0 Å². The van der Waals surface area contributed by atoms with Crippen molar-refractivity contribution in [3.8, 4) is 0 Å². The molecule has 0 saturated heterocycles.